The normalized spacial score (nSPS) is 15.4. The Balaban J connectivity index is 2.56. The molecule has 1 rings (SSSR count). The fourth-order valence-corrected chi connectivity index (χ4v) is 2.21. The molecule has 102 valence electrons. The lowest BCUT2D eigenvalue weighted by atomic mass is 10.0. The van der Waals surface area contributed by atoms with Gasteiger partial charge in [0.15, 0.2) is 0 Å². The first-order valence-corrected chi connectivity index (χ1v) is 6.44. The van der Waals surface area contributed by atoms with E-state index in [0.29, 0.717) is 6.54 Å². The zero-order chi connectivity index (χ0) is 13.5. The van der Waals surface area contributed by atoms with E-state index in [0.717, 1.165) is 25.0 Å². The van der Waals surface area contributed by atoms with E-state index in [1.165, 1.54) is 11.3 Å². The highest BCUT2D eigenvalue weighted by molar-refractivity contribution is 5.80. The molecule has 0 heterocycles. The van der Waals surface area contributed by atoms with E-state index in [1.54, 1.807) is 11.9 Å². The van der Waals surface area contributed by atoms with Gasteiger partial charge in [-0.25, -0.2) is 0 Å². The number of hydrogen-bond donors (Lipinski definition) is 1. The number of allylic oxidation sites excluding steroid dienone is 2. The molecule has 0 spiro atoms. The minimum Gasteiger partial charge on any atom is -0.480 e. The van der Waals surface area contributed by atoms with Crippen LogP contribution in [0.25, 0.3) is 0 Å². The third-order valence-electron chi connectivity index (χ3n) is 3.04. The van der Waals surface area contributed by atoms with Gasteiger partial charge in [0.1, 0.15) is 0 Å². The average molecular weight is 254 g/mol. The maximum atomic E-state index is 12.1. The second-order valence-corrected chi connectivity index (χ2v) is 4.65. The Hall–Kier alpha value is -1.36. The number of likely N-dealkylation sites (N-methyl/N-ethyl adjacent to an activating group) is 2. The largest absolute Gasteiger partial charge is 0.480 e. The third-order valence-corrected chi connectivity index (χ3v) is 3.04. The van der Waals surface area contributed by atoms with Crippen LogP contribution in [0.3, 0.4) is 0 Å². The van der Waals surface area contributed by atoms with E-state index >= 15 is 0 Å². The summed E-state index contributed by atoms with van der Waals surface area (Å²) >= 11 is 0. The van der Waals surface area contributed by atoms with Gasteiger partial charge >= 0.3 is 5.97 Å². The van der Waals surface area contributed by atoms with Crippen molar-refractivity contribution in [1.82, 2.24) is 9.80 Å². The lowest BCUT2D eigenvalue weighted by Gasteiger charge is -2.28. The summed E-state index contributed by atoms with van der Waals surface area (Å²) < 4.78 is 0. The predicted molar refractivity (Wildman–Crippen MR) is 69.1 cm³/mol. The van der Waals surface area contributed by atoms with E-state index in [1.807, 2.05) is 6.92 Å². The summed E-state index contributed by atoms with van der Waals surface area (Å²) in [4.78, 5) is 26.0. The maximum absolute atomic E-state index is 12.1. The number of carboxylic acid groups (broad SMARTS) is 1. The second kappa shape index (κ2) is 7.16. The third kappa shape index (κ3) is 4.49. The van der Waals surface area contributed by atoms with Gasteiger partial charge in [0.25, 0.3) is 0 Å². The zero-order valence-electron chi connectivity index (χ0n) is 11.2. The fourth-order valence-electron chi connectivity index (χ4n) is 2.21. The number of aliphatic carboxylic acids is 1. The van der Waals surface area contributed by atoms with Crippen molar-refractivity contribution >= 4 is 11.9 Å². The molecule has 0 saturated carbocycles. The fraction of sp³-hybridized carbons (Fsp3) is 0.692. The van der Waals surface area contributed by atoms with Crippen molar-refractivity contribution in [2.45, 2.75) is 32.6 Å². The van der Waals surface area contributed by atoms with E-state index in [2.05, 4.69) is 6.08 Å². The molecule has 0 atom stereocenters. The van der Waals surface area contributed by atoms with Gasteiger partial charge in [-0.05, 0) is 39.7 Å². The smallest absolute Gasteiger partial charge is 0.317 e. The molecule has 0 aromatic carbocycles. The standard InChI is InChI=1S/C13H22N2O3/c1-3-15(11-7-5-4-6-8-11)12(16)9-14(2)10-13(17)18/h7H,3-6,8-10H2,1-2H3,(H,17,18). The number of nitrogens with zero attached hydrogens (tertiary/aromatic N) is 2. The lowest BCUT2D eigenvalue weighted by molar-refractivity contribution is -0.138. The molecule has 0 radical (unpaired) electrons. The molecule has 5 nitrogen and oxygen atoms in total. The Morgan fingerprint density at radius 1 is 1.33 bits per heavy atom. The maximum Gasteiger partial charge on any atom is 0.317 e. The predicted octanol–water partition coefficient (Wildman–Crippen LogP) is 1.31. The van der Waals surface area contributed by atoms with Gasteiger partial charge in [0.05, 0.1) is 13.1 Å². The van der Waals surface area contributed by atoms with Crippen LogP contribution in [-0.2, 0) is 9.59 Å². The Morgan fingerprint density at radius 2 is 2.06 bits per heavy atom. The SMILES string of the molecule is CCN(C(=O)CN(C)CC(=O)O)C1=CCCCC1. The highest BCUT2D eigenvalue weighted by Crippen LogP contribution is 2.20. The van der Waals surface area contributed by atoms with Crippen molar-refractivity contribution in [3.05, 3.63) is 11.8 Å². The first-order chi connectivity index (χ1) is 8.54. The summed E-state index contributed by atoms with van der Waals surface area (Å²) in [5, 5.41) is 8.66. The quantitative estimate of drug-likeness (QED) is 0.776. The highest BCUT2D eigenvalue weighted by atomic mass is 16.4. The number of hydrogen-bond acceptors (Lipinski definition) is 3. The molecule has 1 amide bonds. The minimum absolute atomic E-state index is 0.0191. The number of carboxylic acids is 1. The van der Waals surface area contributed by atoms with Crippen molar-refractivity contribution in [3.8, 4) is 0 Å². The summed E-state index contributed by atoms with van der Waals surface area (Å²) in [6.07, 6.45) is 6.42. The first kappa shape index (κ1) is 14.7. The molecule has 0 saturated heterocycles. The molecule has 5 heteroatoms. The van der Waals surface area contributed by atoms with Gasteiger partial charge in [-0.15, -0.1) is 0 Å². The molecule has 0 unspecified atom stereocenters. The monoisotopic (exact) mass is 254 g/mol. The summed E-state index contributed by atoms with van der Waals surface area (Å²) in [6, 6.07) is 0. The Kier molecular flexibility index (Phi) is 5.85. The summed E-state index contributed by atoms with van der Waals surface area (Å²) in [5.41, 5.74) is 1.09. The molecule has 0 aromatic rings. The average Bonchev–Trinajstić information content (AvgIpc) is 2.29. The lowest BCUT2D eigenvalue weighted by Crippen LogP contribution is -2.40. The molecule has 1 aliphatic rings. The second-order valence-electron chi connectivity index (χ2n) is 4.65. The van der Waals surface area contributed by atoms with Gasteiger partial charge in [-0.3, -0.25) is 14.5 Å². The Labute approximate surface area is 108 Å². The first-order valence-electron chi connectivity index (χ1n) is 6.44. The van der Waals surface area contributed by atoms with Crippen LogP contribution in [0.4, 0.5) is 0 Å². The Bertz CT molecular complexity index is 339. The molecule has 0 fully saturated rings. The highest BCUT2D eigenvalue weighted by Gasteiger charge is 2.19. The van der Waals surface area contributed by atoms with E-state index < -0.39 is 5.97 Å². The van der Waals surface area contributed by atoms with E-state index in [-0.39, 0.29) is 19.0 Å². The number of rotatable bonds is 6. The molecule has 18 heavy (non-hydrogen) atoms. The van der Waals surface area contributed by atoms with Crippen LogP contribution in [0.2, 0.25) is 0 Å². The van der Waals surface area contributed by atoms with Crippen molar-refractivity contribution < 1.29 is 14.7 Å². The topological polar surface area (TPSA) is 60.9 Å². The number of carbonyl (C=O) groups is 2. The van der Waals surface area contributed by atoms with Crippen LogP contribution in [-0.4, -0.2) is 53.5 Å². The van der Waals surface area contributed by atoms with Crippen LogP contribution in [0.15, 0.2) is 11.8 Å². The molecular weight excluding hydrogens is 232 g/mol. The molecule has 0 aliphatic heterocycles. The van der Waals surface area contributed by atoms with Gasteiger partial charge in [-0.2, -0.15) is 0 Å². The van der Waals surface area contributed by atoms with Crippen molar-refractivity contribution in [2.24, 2.45) is 0 Å². The van der Waals surface area contributed by atoms with Crippen LogP contribution < -0.4 is 0 Å². The number of carbonyl (C=O) groups excluding carboxylic acids is 1. The molecule has 0 aromatic heterocycles. The van der Waals surface area contributed by atoms with Crippen LogP contribution >= 0.6 is 0 Å². The molecular formula is C13H22N2O3. The van der Waals surface area contributed by atoms with Gasteiger partial charge < -0.3 is 10.0 Å². The van der Waals surface area contributed by atoms with E-state index in [9.17, 15) is 9.59 Å². The van der Waals surface area contributed by atoms with Gasteiger partial charge in [0, 0.05) is 12.2 Å². The number of amides is 1. The zero-order valence-corrected chi connectivity index (χ0v) is 11.2. The Morgan fingerprint density at radius 3 is 2.56 bits per heavy atom. The summed E-state index contributed by atoms with van der Waals surface area (Å²) in [6.45, 7) is 2.63. The molecule has 1 N–H and O–H groups in total. The minimum atomic E-state index is -0.912. The van der Waals surface area contributed by atoms with Crippen LogP contribution in [0.1, 0.15) is 32.6 Å². The van der Waals surface area contributed by atoms with Gasteiger partial charge in [-0.1, -0.05) is 6.08 Å². The van der Waals surface area contributed by atoms with Crippen molar-refractivity contribution in [2.75, 3.05) is 26.7 Å². The molecule has 1 aliphatic carbocycles. The van der Waals surface area contributed by atoms with Crippen molar-refractivity contribution in [3.63, 3.8) is 0 Å². The van der Waals surface area contributed by atoms with Crippen LogP contribution in [0, 0.1) is 0 Å². The summed E-state index contributed by atoms with van der Waals surface area (Å²) in [5.74, 6) is -0.931. The van der Waals surface area contributed by atoms with Crippen LogP contribution in [0.5, 0.6) is 0 Å². The van der Waals surface area contributed by atoms with Gasteiger partial charge in [0.2, 0.25) is 5.91 Å². The molecule has 0 bridgehead atoms. The van der Waals surface area contributed by atoms with E-state index in [4.69, 9.17) is 5.11 Å². The van der Waals surface area contributed by atoms with Crippen molar-refractivity contribution in [1.29, 1.82) is 0 Å². The summed E-state index contributed by atoms with van der Waals surface area (Å²) in [7, 11) is 1.65.